The quantitative estimate of drug-likeness (QED) is 0.304. The molecule has 2 aromatic carbocycles. The van der Waals surface area contributed by atoms with Gasteiger partial charge in [-0.3, -0.25) is 9.59 Å². The summed E-state index contributed by atoms with van der Waals surface area (Å²) in [5.74, 6) is 0.995. The van der Waals surface area contributed by atoms with E-state index in [-0.39, 0.29) is 24.4 Å². The first-order chi connectivity index (χ1) is 17.7. The molecule has 196 valence electrons. The highest BCUT2D eigenvalue weighted by atomic mass is 35.5. The molecule has 0 unspecified atom stereocenters. The molecule has 7 heteroatoms. The Kier molecular flexibility index (Phi) is 8.93. The van der Waals surface area contributed by atoms with Gasteiger partial charge in [0.05, 0.1) is 6.04 Å². The predicted molar refractivity (Wildman–Crippen MR) is 151 cm³/mol. The third kappa shape index (κ3) is 6.74. The van der Waals surface area contributed by atoms with Gasteiger partial charge in [-0.05, 0) is 85.5 Å². The van der Waals surface area contributed by atoms with E-state index in [1.54, 1.807) is 16.2 Å². The maximum Gasteiger partial charge on any atom is 0.254 e. The molecular weight excluding hydrogens is 504 g/mol. The lowest BCUT2D eigenvalue weighted by atomic mass is 10.00. The van der Waals surface area contributed by atoms with Gasteiger partial charge in [0.1, 0.15) is 18.9 Å². The van der Waals surface area contributed by atoms with Crippen LogP contribution in [0.5, 0.6) is 5.75 Å². The topological polar surface area (TPSA) is 49.9 Å². The van der Waals surface area contributed by atoms with Gasteiger partial charge in [-0.15, -0.1) is 11.3 Å². The maximum absolute atomic E-state index is 13.8. The molecule has 1 aliphatic heterocycles. The number of nitrogens with zero attached hydrogens (tertiary/aromatic N) is 2. The number of ether oxygens (including phenoxy) is 1. The molecule has 3 aromatic rings. The molecule has 0 radical (unpaired) electrons. The second-order valence-electron chi connectivity index (χ2n) is 10.1. The number of carbonyl (C=O) groups is 2. The van der Waals surface area contributed by atoms with Crippen molar-refractivity contribution in [1.82, 2.24) is 9.80 Å². The highest BCUT2D eigenvalue weighted by molar-refractivity contribution is 7.10. The zero-order valence-corrected chi connectivity index (χ0v) is 23.6. The molecule has 5 nitrogen and oxygen atoms in total. The monoisotopic (exact) mass is 538 g/mol. The number of benzene rings is 2. The van der Waals surface area contributed by atoms with E-state index in [2.05, 4.69) is 25.3 Å². The Morgan fingerprint density at radius 3 is 2.59 bits per heavy atom. The van der Waals surface area contributed by atoms with Crippen LogP contribution in [0.4, 0.5) is 0 Å². The molecule has 1 aliphatic rings. The Morgan fingerprint density at radius 1 is 1.14 bits per heavy atom. The van der Waals surface area contributed by atoms with Crippen molar-refractivity contribution in [3.05, 3.63) is 86.1 Å². The van der Waals surface area contributed by atoms with E-state index in [0.717, 1.165) is 35.3 Å². The minimum Gasteiger partial charge on any atom is -0.491 e. The van der Waals surface area contributed by atoms with Crippen molar-refractivity contribution in [3.8, 4) is 5.75 Å². The molecule has 0 fully saturated rings. The van der Waals surface area contributed by atoms with Crippen LogP contribution in [0.1, 0.15) is 58.2 Å². The van der Waals surface area contributed by atoms with E-state index in [1.807, 2.05) is 61.2 Å². The molecule has 0 aliphatic carbocycles. The fraction of sp³-hybridized carbons (Fsp3) is 0.400. The molecule has 2 amide bonds. The van der Waals surface area contributed by atoms with Crippen LogP contribution in [0.25, 0.3) is 0 Å². The number of thiophene rings is 1. The van der Waals surface area contributed by atoms with Gasteiger partial charge in [-0.25, -0.2) is 0 Å². The second-order valence-corrected chi connectivity index (χ2v) is 11.6. The van der Waals surface area contributed by atoms with Gasteiger partial charge in [-0.2, -0.15) is 0 Å². The Labute approximate surface area is 229 Å². The summed E-state index contributed by atoms with van der Waals surface area (Å²) in [6, 6.07) is 15.0. The van der Waals surface area contributed by atoms with Crippen molar-refractivity contribution < 1.29 is 14.3 Å². The smallest absolute Gasteiger partial charge is 0.254 e. The van der Waals surface area contributed by atoms with Crippen molar-refractivity contribution in [3.63, 3.8) is 0 Å². The zero-order chi connectivity index (χ0) is 26.5. The van der Waals surface area contributed by atoms with Crippen molar-refractivity contribution in [1.29, 1.82) is 0 Å². The van der Waals surface area contributed by atoms with Crippen LogP contribution < -0.4 is 4.74 Å². The average molecular weight is 539 g/mol. The van der Waals surface area contributed by atoms with Gasteiger partial charge >= 0.3 is 0 Å². The lowest BCUT2D eigenvalue weighted by Crippen LogP contribution is -2.48. The van der Waals surface area contributed by atoms with E-state index in [0.29, 0.717) is 36.2 Å². The molecule has 0 saturated carbocycles. The summed E-state index contributed by atoms with van der Waals surface area (Å²) in [7, 11) is 0. The third-order valence-electron chi connectivity index (χ3n) is 6.84. The average Bonchev–Trinajstić information content (AvgIpc) is 3.36. The predicted octanol–water partition coefficient (Wildman–Crippen LogP) is 6.71. The normalized spacial score (nSPS) is 15.0. The fourth-order valence-corrected chi connectivity index (χ4v) is 5.60. The van der Waals surface area contributed by atoms with Gasteiger partial charge in [0.15, 0.2) is 0 Å². The molecule has 0 N–H and O–H groups in total. The van der Waals surface area contributed by atoms with Crippen LogP contribution in [-0.4, -0.2) is 47.9 Å². The van der Waals surface area contributed by atoms with Crippen LogP contribution in [-0.2, 0) is 11.2 Å². The third-order valence-corrected chi connectivity index (χ3v) is 8.26. The molecule has 0 bridgehead atoms. The largest absolute Gasteiger partial charge is 0.491 e. The van der Waals surface area contributed by atoms with Gasteiger partial charge in [0.2, 0.25) is 5.91 Å². The Hall–Kier alpha value is -2.83. The van der Waals surface area contributed by atoms with Gasteiger partial charge < -0.3 is 14.5 Å². The first-order valence-electron chi connectivity index (χ1n) is 12.8. The lowest BCUT2D eigenvalue weighted by molar-refractivity contribution is -0.135. The Morgan fingerprint density at radius 2 is 1.89 bits per heavy atom. The highest BCUT2D eigenvalue weighted by Gasteiger charge is 2.33. The standard InChI is InChI=1S/C30H35ClN2O3S/c1-20(2)11-14-32(30(35)23-7-5-21(3)6-8-23)18-29(34)33-15-12-28-25(13-16-37-28)27(33)19-36-24-9-10-26(31)22(4)17-24/h5-10,13,16-17,20,27H,11-12,14-15,18-19H2,1-4H3/t27-/m1/s1. The molecule has 0 saturated heterocycles. The first kappa shape index (κ1) is 27.2. The number of carbonyl (C=O) groups excluding carboxylic acids is 2. The lowest BCUT2D eigenvalue weighted by Gasteiger charge is -2.37. The van der Waals surface area contributed by atoms with Crippen molar-refractivity contribution >= 4 is 34.8 Å². The number of halogens is 1. The number of hydrogen-bond acceptors (Lipinski definition) is 4. The van der Waals surface area contributed by atoms with E-state index in [4.69, 9.17) is 16.3 Å². The number of rotatable bonds is 9. The highest BCUT2D eigenvalue weighted by Crippen LogP contribution is 2.34. The zero-order valence-electron chi connectivity index (χ0n) is 22.0. The van der Waals surface area contributed by atoms with Crippen LogP contribution in [0.15, 0.2) is 53.9 Å². The summed E-state index contributed by atoms with van der Waals surface area (Å²) in [4.78, 5) is 32.1. The molecular formula is C30H35ClN2O3S. The molecule has 1 aromatic heterocycles. The van der Waals surface area contributed by atoms with Crippen molar-refractivity contribution in [2.24, 2.45) is 5.92 Å². The Bertz CT molecular complexity index is 1240. The van der Waals surface area contributed by atoms with Crippen LogP contribution in [0.3, 0.4) is 0 Å². The number of amides is 2. The molecule has 37 heavy (non-hydrogen) atoms. The van der Waals surface area contributed by atoms with Crippen LogP contribution in [0, 0.1) is 19.8 Å². The minimum absolute atomic E-state index is 0.0510. The Balaban J connectivity index is 1.53. The van der Waals surface area contributed by atoms with Gasteiger partial charge in [0, 0.05) is 28.6 Å². The molecule has 2 heterocycles. The van der Waals surface area contributed by atoms with Crippen LogP contribution >= 0.6 is 22.9 Å². The maximum atomic E-state index is 13.8. The first-order valence-corrected chi connectivity index (χ1v) is 14.1. The van der Waals surface area contributed by atoms with E-state index in [1.165, 1.54) is 4.88 Å². The van der Waals surface area contributed by atoms with Crippen molar-refractivity contribution in [2.75, 3.05) is 26.2 Å². The van der Waals surface area contributed by atoms with Crippen molar-refractivity contribution in [2.45, 2.75) is 46.6 Å². The summed E-state index contributed by atoms with van der Waals surface area (Å²) in [6.07, 6.45) is 1.65. The van der Waals surface area contributed by atoms with E-state index >= 15 is 0 Å². The number of hydrogen-bond donors (Lipinski definition) is 0. The summed E-state index contributed by atoms with van der Waals surface area (Å²) in [5, 5.41) is 2.77. The number of aryl methyl sites for hydroxylation is 2. The van der Waals surface area contributed by atoms with E-state index < -0.39 is 0 Å². The number of fused-ring (bicyclic) bond motifs is 1. The fourth-order valence-electron chi connectivity index (χ4n) is 4.56. The summed E-state index contributed by atoms with van der Waals surface area (Å²) in [5.41, 5.74) is 3.79. The molecule has 4 rings (SSSR count). The summed E-state index contributed by atoms with van der Waals surface area (Å²) >= 11 is 7.90. The second kappa shape index (κ2) is 12.1. The van der Waals surface area contributed by atoms with Gasteiger partial charge in [0.25, 0.3) is 5.91 Å². The van der Waals surface area contributed by atoms with Crippen LogP contribution in [0.2, 0.25) is 5.02 Å². The molecule has 0 spiro atoms. The van der Waals surface area contributed by atoms with E-state index in [9.17, 15) is 9.59 Å². The molecule has 1 atom stereocenters. The summed E-state index contributed by atoms with van der Waals surface area (Å²) in [6.45, 7) is 9.74. The summed E-state index contributed by atoms with van der Waals surface area (Å²) < 4.78 is 6.17. The minimum atomic E-state index is -0.208. The SMILES string of the molecule is Cc1ccc(C(=O)N(CCC(C)C)CC(=O)N2CCc3sccc3[C@H]2COc2ccc(Cl)c(C)c2)cc1. The van der Waals surface area contributed by atoms with Gasteiger partial charge in [-0.1, -0.05) is 43.1 Å².